The Kier molecular flexibility index (Phi) is 1.18. The Morgan fingerprint density at radius 2 is 2.44 bits per heavy atom. The summed E-state index contributed by atoms with van der Waals surface area (Å²) in [6.07, 6.45) is 0. The van der Waals surface area contributed by atoms with E-state index in [1.54, 1.807) is 0 Å². The van der Waals surface area contributed by atoms with Gasteiger partial charge in [-0.3, -0.25) is 0 Å². The van der Waals surface area contributed by atoms with E-state index in [2.05, 4.69) is 9.98 Å². The first-order valence-corrected chi connectivity index (χ1v) is 2.31. The lowest BCUT2D eigenvalue weighted by Crippen LogP contribution is -2.14. The van der Waals surface area contributed by atoms with Crippen LogP contribution < -0.4 is 5.73 Å². The van der Waals surface area contributed by atoms with Gasteiger partial charge in [-0.2, -0.15) is 0 Å². The average molecular weight is 127 g/mol. The van der Waals surface area contributed by atoms with E-state index >= 15 is 0 Å². The Bertz CT molecular complexity index is 206. The molecule has 5 heteroatoms. The number of aliphatic imine (C=N–C) groups is 2. The van der Waals surface area contributed by atoms with Gasteiger partial charge in [0.05, 0.1) is 6.54 Å². The molecule has 1 heterocycles. The van der Waals surface area contributed by atoms with Crippen molar-refractivity contribution in [3.63, 3.8) is 0 Å². The van der Waals surface area contributed by atoms with Crippen molar-refractivity contribution >= 4 is 17.6 Å². The van der Waals surface area contributed by atoms with Crippen LogP contribution >= 0.6 is 0 Å². The molecule has 3 N–H and O–H groups in total. The van der Waals surface area contributed by atoms with Crippen LogP contribution in [0.25, 0.3) is 0 Å². The van der Waals surface area contributed by atoms with Crippen LogP contribution in [0.2, 0.25) is 0 Å². The Morgan fingerprint density at radius 1 is 1.78 bits per heavy atom. The molecule has 9 heavy (non-hydrogen) atoms. The zero-order valence-electron chi connectivity index (χ0n) is 4.53. The van der Waals surface area contributed by atoms with Gasteiger partial charge in [0.2, 0.25) is 5.96 Å². The third-order valence-corrected chi connectivity index (χ3v) is 0.887. The molecule has 1 rings (SSSR count). The van der Waals surface area contributed by atoms with E-state index in [1.807, 2.05) is 0 Å². The minimum Gasteiger partial charge on any atom is -0.477 e. The third-order valence-electron chi connectivity index (χ3n) is 0.887. The molecule has 0 aromatic rings. The zero-order chi connectivity index (χ0) is 6.85. The number of aliphatic carboxylic acids is 1. The number of carbonyl (C=O) groups is 1. The van der Waals surface area contributed by atoms with Gasteiger partial charge in [0.1, 0.15) is 0 Å². The number of guanidine groups is 1. The maximum absolute atomic E-state index is 10.1. The van der Waals surface area contributed by atoms with Crippen LogP contribution in [0.5, 0.6) is 0 Å². The second kappa shape index (κ2) is 1.85. The molecule has 0 aliphatic carbocycles. The molecule has 0 atom stereocenters. The number of carboxylic acid groups (broad SMARTS) is 1. The normalized spacial score (nSPS) is 16.9. The summed E-state index contributed by atoms with van der Waals surface area (Å²) >= 11 is 0. The summed E-state index contributed by atoms with van der Waals surface area (Å²) in [6, 6.07) is 0. The van der Waals surface area contributed by atoms with Gasteiger partial charge in [-0.15, -0.1) is 0 Å². The van der Waals surface area contributed by atoms with E-state index in [0.717, 1.165) is 0 Å². The quantitative estimate of drug-likeness (QED) is 0.465. The molecule has 0 saturated carbocycles. The van der Waals surface area contributed by atoms with Crippen LogP contribution in [0, 0.1) is 0 Å². The molecular formula is C4H5N3O2. The van der Waals surface area contributed by atoms with Crippen LogP contribution in [-0.2, 0) is 4.79 Å². The maximum Gasteiger partial charge on any atom is 0.352 e. The highest BCUT2D eigenvalue weighted by atomic mass is 16.4. The van der Waals surface area contributed by atoms with E-state index in [-0.39, 0.29) is 18.2 Å². The molecule has 0 aromatic carbocycles. The van der Waals surface area contributed by atoms with Crippen LogP contribution in [0.3, 0.4) is 0 Å². The number of carboxylic acids is 1. The Labute approximate surface area is 50.9 Å². The Morgan fingerprint density at radius 3 is 2.67 bits per heavy atom. The summed E-state index contributed by atoms with van der Waals surface area (Å²) in [4.78, 5) is 17.1. The summed E-state index contributed by atoms with van der Waals surface area (Å²) in [5, 5.41) is 8.27. The van der Waals surface area contributed by atoms with Gasteiger partial charge in [-0.25, -0.2) is 14.8 Å². The van der Waals surface area contributed by atoms with Gasteiger partial charge in [0.15, 0.2) is 5.71 Å². The molecule has 1 aliphatic rings. The smallest absolute Gasteiger partial charge is 0.352 e. The van der Waals surface area contributed by atoms with Crippen LogP contribution in [0.4, 0.5) is 0 Å². The first-order chi connectivity index (χ1) is 4.20. The molecular weight excluding hydrogens is 122 g/mol. The minimum absolute atomic E-state index is 0.00694. The van der Waals surface area contributed by atoms with Crippen LogP contribution in [0.1, 0.15) is 0 Å². The lowest BCUT2D eigenvalue weighted by atomic mass is 10.4. The lowest BCUT2D eigenvalue weighted by Gasteiger charge is -1.83. The average Bonchev–Trinajstić information content (AvgIpc) is 2.14. The zero-order valence-corrected chi connectivity index (χ0v) is 4.53. The summed E-state index contributed by atoms with van der Waals surface area (Å²) in [5.74, 6) is -1.01. The van der Waals surface area contributed by atoms with Crippen molar-refractivity contribution in [2.75, 3.05) is 6.54 Å². The van der Waals surface area contributed by atoms with Crippen molar-refractivity contribution in [2.24, 2.45) is 15.7 Å². The van der Waals surface area contributed by atoms with E-state index in [1.165, 1.54) is 0 Å². The second-order valence-electron chi connectivity index (χ2n) is 1.54. The summed E-state index contributed by atoms with van der Waals surface area (Å²) in [5.41, 5.74) is 5.07. The van der Waals surface area contributed by atoms with Gasteiger partial charge in [0.25, 0.3) is 0 Å². The summed E-state index contributed by atoms with van der Waals surface area (Å²) in [7, 11) is 0. The van der Waals surface area contributed by atoms with Crippen molar-refractivity contribution in [1.82, 2.24) is 0 Å². The molecule has 0 spiro atoms. The van der Waals surface area contributed by atoms with Gasteiger partial charge in [0, 0.05) is 0 Å². The molecule has 0 radical (unpaired) electrons. The topological polar surface area (TPSA) is 88.0 Å². The molecule has 5 nitrogen and oxygen atoms in total. The Balaban J connectivity index is 2.71. The second-order valence-corrected chi connectivity index (χ2v) is 1.54. The molecule has 48 valence electrons. The predicted octanol–water partition coefficient (Wildman–Crippen LogP) is -1.16. The lowest BCUT2D eigenvalue weighted by molar-refractivity contribution is -0.129. The highest BCUT2D eigenvalue weighted by molar-refractivity contribution is 6.39. The molecule has 0 saturated heterocycles. The fourth-order valence-electron chi connectivity index (χ4n) is 0.480. The molecule has 0 aromatic heterocycles. The third kappa shape index (κ3) is 1.04. The van der Waals surface area contributed by atoms with Crippen molar-refractivity contribution < 1.29 is 9.90 Å². The van der Waals surface area contributed by atoms with E-state index < -0.39 is 5.97 Å². The SMILES string of the molecule is NC1=NCC(C(=O)O)=N1. The molecule has 1 aliphatic heterocycles. The van der Waals surface area contributed by atoms with Crippen molar-refractivity contribution in [2.45, 2.75) is 0 Å². The first-order valence-electron chi connectivity index (χ1n) is 2.31. The standard InChI is InChI=1S/C4H5N3O2/c5-4-6-1-2(7-4)3(8)9/h1H2,(H2,5,6)(H,8,9). The van der Waals surface area contributed by atoms with Crippen molar-refractivity contribution in [3.05, 3.63) is 0 Å². The number of hydrogen-bond acceptors (Lipinski definition) is 4. The van der Waals surface area contributed by atoms with E-state index in [4.69, 9.17) is 10.8 Å². The largest absolute Gasteiger partial charge is 0.477 e. The molecule has 0 amide bonds. The highest BCUT2D eigenvalue weighted by Crippen LogP contribution is 1.90. The fourth-order valence-corrected chi connectivity index (χ4v) is 0.480. The van der Waals surface area contributed by atoms with Gasteiger partial charge < -0.3 is 10.8 Å². The van der Waals surface area contributed by atoms with Crippen molar-refractivity contribution in [3.8, 4) is 0 Å². The molecule has 0 fully saturated rings. The summed E-state index contributed by atoms with van der Waals surface area (Å²) < 4.78 is 0. The van der Waals surface area contributed by atoms with Gasteiger partial charge >= 0.3 is 5.97 Å². The maximum atomic E-state index is 10.1. The van der Waals surface area contributed by atoms with Crippen molar-refractivity contribution in [1.29, 1.82) is 0 Å². The van der Waals surface area contributed by atoms with E-state index in [9.17, 15) is 4.79 Å². The number of nitrogens with zero attached hydrogens (tertiary/aromatic N) is 2. The molecule has 0 bridgehead atoms. The minimum atomic E-state index is -1.06. The van der Waals surface area contributed by atoms with Crippen LogP contribution in [-0.4, -0.2) is 29.3 Å². The number of nitrogens with two attached hydrogens (primary N) is 1. The van der Waals surface area contributed by atoms with Crippen LogP contribution in [0.15, 0.2) is 9.98 Å². The molecule has 0 unspecified atom stereocenters. The number of hydrogen-bond donors (Lipinski definition) is 2. The predicted molar refractivity (Wildman–Crippen MR) is 31.6 cm³/mol. The first kappa shape index (κ1) is 5.74. The van der Waals surface area contributed by atoms with E-state index in [0.29, 0.717) is 0 Å². The van der Waals surface area contributed by atoms with Gasteiger partial charge in [-0.05, 0) is 0 Å². The highest BCUT2D eigenvalue weighted by Gasteiger charge is 2.13. The summed E-state index contributed by atoms with van der Waals surface area (Å²) in [6.45, 7) is 0.0984. The van der Waals surface area contributed by atoms with Gasteiger partial charge in [-0.1, -0.05) is 0 Å². The monoisotopic (exact) mass is 127 g/mol. The number of rotatable bonds is 1. The fraction of sp³-hybridized carbons (Fsp3) is 0.250. The Hall–Kier alpha value is -1.39.